The molecule has 1 aliphatic carbocycles. The summed E-state index contributed by atoms with van der Waals surface area (Å²) in [6.45, 7) is 4.53. The highest BCUT2D eigenvalue weighted by atomic mass is 32.1. The zero-order valence-electron chi connectivity index (χ0n) is 19.2. The topological polar surface area (TPSA) is 116 Å². The Balaban J connectivity index is 1.56. The second-order valence-corrected chi connectivity index (χ2v) is 10.5. The first kappa shape index (κ1) is 23.0. The molecule has 1 saturated carbocycles. The van der Waals surface area contributed by atoms with Crippen molar-refractivity contribution in [2.75, 3.05) is 5.32 Å². The van der Waals surface area contributed by atoms with Gasteiger partial charge in [-0.15, -0.1) is 0 Å². The molecule has 0 unspecified atom stereocenters. The fraction of sp³-hybridized carbons (Fsp3) is 0.333. The van der Waals surface area contributed by atoms with Gasteiger partial charge in [0.2, 0.25) is 0 Å². The summed E-state index contributed by atoms with van der Waals surface area (Å²) in [4.78, 5) is 32.9. The Bertz CT molecular complexity index is 1420. The van der Waals surface area contributed by atoms with Gasteiger partial charge in [0.15, 0.2) is 11.5 Å². The number of nitrogens with zero attached hydrogens (tertiary/aromatic N) is 5. The molecule has 0 atom stereocenters. The van der Waals surface area contributed by atoms with E-state index < -0.39 is 10.8 Å². The summed E-state index contributed by atoms with van der Waals surface area (Å²) in [6.07, 6.45) is 5.68. The molecule has 180 valence electrons. The van der Waals surface area contributed by atoms with Gasteiger partial charge in [-0.2, -0.15) is 5.10 Å². The van der Waals surface area contributed by atoms with Crippen molar-refractivity contribution in [3.63, 3.8) is 0 Å². The summed E-state index contributed by atoms with van der Waals surface area (Å²) in [5.41, 5.74) is 1.46. The number of fused-ring (bicyclic) bond motifs is 1. The largest absolute Gasteiger partial charge is 0.324 e. The molecule has 0 saturated heterocycles. The van der Waals surface area contributed by atoms with Gasteiger partial charge < -0.3 is 5.32 Å². The summed E-state index contributed by atoms with van der Waals surface area (Å²) in [5.74, 6) is -0.321. The van der Waals surface area contributed by atoms with Crippen LogP contribution >= 0.6 is 11.3 Å². The summed E-state index contributed by atoms with van der Waals surface area (Å²) >= 11 is 0.787. The molecule has 9 nitrogen and oxygen atoms in total. The van der Waals surface area contributed by atoms with E-state index in [9.17, 15) is 19.3 Å². The Morgan fingerprint density at radius 2 is 1.89 bits per heavy atom. The number of aromatic nitrogens is 4. The van der Waals surface area contributed by atoms with Gasteiger partial charge >= 0.3 is 5.00 Å². The molecular formula is C24H23FN6O3S. The van der Waals surface area contributed by atoms with E-state index in [1.165, 1.54) is 24.3 Å². The number of hydrogen-bond acceptors (Lipinski definition) is 7. The van der Waals surface area contributed by atoms with Crippen molar-refractivity contribution in [2.45, 2.75) is 45.6 Å². The number of nitrogens with one attached hydrogen (secondary N) is 1. The van der Waals surface area contributed by atoms with Crippen molar-refractivity contribution in [3.8, 4) is 11.4 Å². The number of halogens is 1. The Kier molecular flexibility index (Phi) is 5.79. The Labute approximate surface area is 204 Å². The van der Waals surface area contributed by atoms with Gasteiger partial charge in [-0.3, -0.25) is 14.9 Å². The molecule has 3 aromatic heterocycles. The number of benzene rings is 1. The zero-order chi connectivity index (χ0) is 24.7. The van der Waals surface area contributed by atoms with Gasteiger partial charge in [-0.05, 0) is 61.4 Å². The van der Waals surface area contributed by atoms with Crippen molar-refractivity contribution >= 4 is 39.1 Å². The van der Waals surface area contributed by atoms with Crippen LogP contribution in [0, 0.1) is 21.3 Å². The van der Waals surface area contributed by atoms with Crippen LogP contribution in [-0.4, -0.2) is 30.6 Å². The summed E-state index contributed by atoms with van der Waals surface area (Å²) < 4.78 is 15.4. The van der Waals surface area contributed by atoms with Crippen molar-refractivity contribution in [1.29, 1.82) is 0 Å². The Hall–Kier alpha value is -3.73. The average Bonchev–Trinajstić information content (AvgIpc) is 3.48. The van der Waals surface area contributed by atoms with E-state index in [0.29, 0.717) is 22.4 Å². The normalized spacial score (nSPS) is 15.9. The maximum Gasteiger partial charge on any atom is 0.324 e. The minimum absolute atomic E-state index is 0.122. The van der Waals surface area contributed by atoms with Crippen molar-refractivity contribution in [1.82, 2.24) is 19.7 Å². The molecule has 0 bridgehead atoms. The molecule has 1 aromatic carbocycles. The fourth-order valence-corrected chi connectivity index (χ4v) is 5.08. The second kappa shape index (κ2) is 8.81. The van der Waals surface area contributed by atoms with Gasteiger partial charge in [0.1, 0.15) is 11.6 Å². The highest BCUT2D eigenvalue weighted by Gasteiger charge is 2.30. The molecule has 0 aliphatic heterocycles. The molecular weight excluding hydrogens is 471 g/mol. The van der Waals surface area contributed by atoms with Crippen LogP contribution in [0.25, 0.3) is 22.4 Å². The number of anilines is 1. The summed E-state index contributed by atoms with van der Waals surface area (Å²) in [6, 6.07) is 8.67. The Morgan fingerprint density at radius 3 is 2.54 bits per heavy atom. The molecule has 5 rings (SSSR count). The number of thiophene rings is 1. The van der Waals surface area contributed by atoms with Crippen LogP contribution in [0.4, 0.5) is 15.2 Å². The minimum Gasteiger partial charge on any atom is -0.305 e. The van der Waals surface area contributed by atoms with Crippen LogP contribution in [0.2, 0.25) is 0 Å². The van der Waals surface area contributed by atoms with Crippen LogP contribution in [-0.2, 0) is 0 Å². The highest BCUT2D eigenvalue weighted by Crippen LogP contribution is 2.41. The molecule has 1 amide bonds. The minimum atomic E-state index is -0.535. The predicted molar refractivity (Wildman–Crippen MR) is 131 cm³/mol. The smallest absolute Gasteiger partial charge is 0.305 e. The molecule has 35 heavy (non-hydrogen) atoms. The third-order valence-electron chi connectivity index (χ3n) is 6.44. The third kappa shape index (κ3) is 4.63. The molecule has 0 radical (unpaired) electrons. The molecule has 1 fully saturated rings. The number of carbonyl (C=O) groups is 1. The first-order valence-electron chi connectivity index (χ1n) is 11.3. The zero-order valence-corrected chi connectivity index (χ0v) is 20.0. The van der Waals surface area contributed by atoms with E-state index in [4.69, 9.17) is 4.98 Å². The quantitative estimate of drug-likeness (QED) is 0.269. The van der Waals surface area contributed by atoms with Gasteiger partial charge in [-0.25, -0.2) is 19.0 Å². The first-order chi connectivity index (χ1) is 16.7. The number of rotatable bonds is 5. The van der Waals surface area contributed by atoms with E-state index >= 15 is 0 Å². The van der Waals surface area contributed by atoms with Crippen LogP contribution in [0.3, 0.4) is 0 Å². The van der Waals surface area contributed by atoms with Gasteiger partial charge in [0.25, 0.3) is 5.91 Å². The first-order valence-corrected chi connectivity index (χ1v) is 12.1. The lowest BCUT2D eigenvalue weighted by Crippen LogP contribution is -2.24. The number of hydrogen-bond donors (Lipinski definition) is 1. The van der Waals surface area contributed by atoms with E-state index in [2.05, 4.69) is 29.2 Å². The van der Waals surface area contributed by atoms with Gasteiger partial charge in [0, 0.05) is 11.6 Å². The van der Waals surface area contributed by atoms with Crippen molar-refractivity contribution in [3.05, 3.63) is 63.4 Å². The maximum absolute atomic E-state index is 13.5. The third-order valence-corrected chi connectivity index (χ3v) is 7.47. The van der Waals surface area contributed by atoms with Crippen LogP contribution in [0.1, 0.15) is 55.2 Å². The lowest BCUT2D eigenvalue weighted by molar-refractivity contribution is -0.380. The van der Waals surface area contributed by atoms with Crippen LogP contribution in [0.5, 0.6) is 0 Å². The van der Waals surface area contributed by atoms with E-state index in [-0.39, 0.29) is 33.0 Å². The summed E-state index contributed by atoms with van der Waals surface area (Å²) in [7, 11) is 0. The van der Waals surface area contributed by atoms with Crippen LogP contribution < -0.4 is 5.32 Å². The van der Waals surface area contributed by atoms with Crippen molar-refractivity contribution in [2.24, 2.45) is 5.41 Å². The van der Waals surface area contributed by atoms with Crippen molar-refractivity contribution < 1.29 is 14.1 Å². The number of nitro groups is 1. The molecule has 0 spiro atoms. The fourth-order valence-electron chi connectivity index (χ4n) is 4.36. The lowest BCUT2D eigenvalue weighted by atomic mass is 9.75. The van der Waals surface area contributed by atoms with E-state index in [0.717, 1.165) is 37.0 Å². The monoisotopic (exact) mass is 494 g/mol. The molecule has 1 aliphatic rings. The van der Waals surface area contributed by atoms with Gasteiger partial charge in [-0.1, -0.05) is 25.2 Å². The summed E-state index contributed by atoms with van der Waals surface area (Å²) in [5, 5.41) is 18.8. The maximum atomic E-state index is 13.5. The average molecular weight is 495 g/mol. The highest BCUT2D eigenvalue weighted by molar-refractivity contribution is 7.17. The SMILES string of the molecule is CC1(C)CCC(n2ncc3c(NC(=O)c4ccc([N+](=O)[O-])s4)nc(-c4ccc(F)cc4)nc32)CC1. The van der Waals surface area contributed by atoms with Gasteiger partial charge in [0.05, 0.1) is 27.4 Å². The van der Waals surface area contributed by atoms with E-state index in [1.807, 2.05) is 4.68 Å². The molecule has 1 N–H and O–H groups in total. The number of carbonyl (C=O) groups excluding carboxylic acids is 1. The Morgan fingerprint density at radius 1 is 1.17 bits per heavy atom. The second-order valence-electron chi connectivity index (χ2n) is 9.47. The molecule has 11 heteroatoms. The van der Waals surface area contributed by atoms with E-state index in [1.54, 1.807) is 18.3 Å². The molecule has 3 heterocycles. The molecule has 4 aromatic rings. The predicted octanol–water partition coefficient (Wildman–Crippen LogP) is 6.00. The number of amides is 1. The van der Waals surface area contributed by atoms with Crippen LogP contribution in [0.15, 0.2) is 42.6 Å². The standard InChI is InChI=1S/C24H23FN6O3S/c1-24(2)11-9-16(10-12-24)30-22-17(13-26-30)21(27-20(28-22)14-3-5-15(25)6-4-14)29-23(32)18-7-8-19(35-18)31(33)34/h3-8,13,16H,9-12H2,1-2H3,(H,27,28,29,32). The lowest BCUT2D eigenvalue weighted by Gasteiger charge is -2.34.